The van der Waals surface area contributed by atoms with Gasteiger partial charge in [-0.1, -0.05) is 0 Å². The van der Waals surface area contributed by atoms with Crippen LogP contribution in [0, 0.1) is 0 Å². The van der Waals surface area contributed by atoms with Gasteiger partial charge < -0.3 is 9.84 Å². The Labute approximate surface area is 89.2 Å². The number of rotatable bonds is 4. The van der Waals surface area contributed by atoms with Crippen LogP contribution in [0.25, 0.3) is 0 Å². The second kappa shape index (κ2) is 5.03. The van der Waals surface area contributed by atoms with E-state index in [0.29, 0.717) is 0 Å². The molecule has 0 aromatic carbocycles. The highest BCUT2D eigenvalue weighted by molar-refractivity contribution is 7.99. The van der Waals surface area contributed by atoms with E-state index >= 15 is 0 Å². The van der Waals surface area contributed by atoms with Gasteiger partial charge >= 0.3 is 5.97 Å². The first kappa shape index (κ1) is 11.9. The maximum atomic E-state index is 10.8. The van der Waals surface area contributed by atoms with Crippen LogP contribution in [0.3, 0.4) is 0 Å². The summed E-state index contributed by atoms with van der Waals surface area (Å²) in [6.45, 7) is 3.93. The van der Waals surface area contributed by atoms with E-state index in [1.165, 1.54) is 0 Å². The molecule has 0 atom stereocenters. The van der Waals surface area contributed by atoms with Crippen LogP contribution in [-0.2, 0) is 9.53 Å². The topological polar surface area (TPSA) is 46.5 Å². The molecule has 0 unspecified atom stereocenters. The second-order valence-electron chi connectivity index (χ2n) is 4.03. The van der Waals surface area contributed by atoms with Crippen molar-refractivity contribution in [2.45, 2.75) is 44.8 Å². The van der Waals surface area contributed by atoms with Crippen LogP contribution < -0.4 is 0 Å². The highest BCUT2D eigenvalue weighted by Gasteiger charge is 2.36. The number of carboxylic acid groups (broad SMARTS) is 1. The maximum absolute atomic E-state index is 10.8. The average molecular weight is 218 g/mol. The molecule has 1 rings (SSSR count). The van der Waals surface area contributed by atoms with E-state index in [-0.39, 0.29) is 12.5 Å². The zero-order valence-electron chi connectivity index (χ0n) is 8.78. The minimum atomic E-state index is -0.752. The fraction of sp³-hybridized carbons (Fsp3) is 0.900. The van der Waals surface area contributed by atoms with Crippen LogP contribution in [0.5, 0.6) is 0 Å². The molecule has 0 radical (unpaired) electrons. The Morgan fingerprint density at radius 3 is 2.50 bits per heavy atom. The summed E-state index contributed by atoms with van der Waals surface area (Å²) in [5.41, 5.74) is -0.398. The van der Waals surface area contributed by atoms with E-state index in [1.54, 1.807) is 0 Å². The largest absolute Gasteiger partial charge is 0.481 e. The zero-order valence-corrected chi connectivity index (χ0v) is 9.60. The Balaban J connectivity index is 2.61. The van der Waals surface area contributed by atoms with Crippen LogP contribution in [0.1, 0.15) is 33.1 Å². The van der Waals surface area contributed by atoms with Crippen LogP contribution >= 0.6 is 11.8 Å². The monoisotopic (exact) mass is 218 g/mol. The van der Waals surface area contributed by atoms with Gasteiger partial charge in [-0.05, 0) is 38.2 Å². The molecule has 14 heavy (non-hydrogen) atoms. The molecule has 82 valence electrons. The highest BCUT2D eigenvalue weighted by atomic mass is 32.2. The standard InChI is InChI=1S/C10H18O3S/c1-8(2)13-10(7-9(11)12)3-5-14-6-4-10/h8H,3-7H2,1-2H3,(H,11,12). The average Bonchev–Trinajstić information content (AvgIpc) is 2.01. The normalized spacial score (nSPS) is 21.1. The minimum absolute atomic E-state index is 0.109. The number of carbonyl (C=O) groups is 1. The van der Waals surface area contributed by atoms with Crippen molar-refractivity contribution in [2.24, 2.45) is 0 Å². The van der Waals surface area contributed by atoms with Gasteiger partial charge in [0.1, 0.15) is 0 Å². The van der Waals surface area contributed by atoms with Gasteiger partial charge in [-0.3, -0.25) is 4.79 Å². The molecule has 1 heterocycles. The molecule has 0 spiro atoms. The number of aliphatic carboxylic acids is 1. The van der Waals surface area contributed by atoms with Gasteiger partial charge in [-0.15, -0.1) is 0 Å². The lowest BCUT2D eigenvalue weighted by molar-refractivity contribution is -0.150. The molecule has 0 bridgehead atoms. The molecule has 0 aromatic rings. The third kappa shape index (κ3) is 3.50. The van der Waals surface area contributed by atoms with Crippen molar-refractivity contribution in [3.05, 3.63) is 0 Å². The lowest BCUT2D eigenvalue weighted by Gasteiger charge is -2.37. The number of ether oxygens (including phenoxy) is 1. The molecule has 4 heteroatoms. The third-order valence-corrected chi connectivity index (χ3v) is 3.35. The summed E-state index contributed by atoms with van der Waals surface area (Å²) < 4.78 is 5.80. The molecular weight excluding hydrogens is 200 g/mol. The lowest BCUT2D eigenvalue weighted by atomic mass is 9.92. The molecular formula is C10H18O3S. The first-order valence-corrected chi connectivity index (χ1v) is 6.17. The maximum Gasteiger partial charge on any atom is 0.306 e. The van der Waals surface area contributed by atoms with Gasteiger partial charge in [0, 0.05) is 0 Å². The van der Waals surface area contributed by atoms with Crippen LogP contribution in [0.4, 0.5) is 0 Å². The van der Waals surface area contributed by atoms with E-state index < -0.39 is 11.6 Å². The van der Waals surface area contributed by atoms with Gasteiger partial charge in [-0.2, -0.15) is 11.8 Å². The summed E-state index contributed by atoms with van der Waals surface area (Å²) in [4.78, 5) is 10.8. The van der Waals surface area contributed by atoms with Gasteiger partial charge in [-0.25, -0.2) is 0 Å². The van der Waals surface area contributed by atoms with Gasteiger partial charge in [0.25, 0.3) is 0 Å². The molecule has 1 aliphatic heterocycles. The Morgan fingerprint density at radius 1 is 1.50 bits per heavy atom. The fourth-order valence-corrected chi connectivity index (χ4v) is 3.09. The van der Waals surface area contributed by atoms with Crippen LogP contribution in [-0.4, -0.2) is 34.3 Å². The number of carboxylic acids is 1. The predicted molar refractivity (Wildman–Crippen MR) is 57.8 cm³/mol. The van der Waals surface area contributed by atoms with E-state index in [9.17, 15) is 4.79 Å². The Hall–Kier alpha value is -0.220. The van der Waals surface area contributed by atoms with Crippen molar-refractivity contribution in [3.8, 4) is 0 Å². The van der Waals surface area contributed by atoms with Gasteiger partial charge in [0.2, 0.25) is 0 Å². The van der Waals surface area contributed by atoms with Crippen molar-refractivity contribution in [3.63, 3.8) is 0 Å². The molecule has 0 aliphatic carbocycles. The molecule has 0 amide bonds. The minimum Gasteiger partial charge on any atom is -0.481 e. The van der Waals surface area contributed by atoms with E-state index in [2.05, 4.69) is 0 Å². The molecule has 1 N–H and O–H groups in total. The Morgan fingerprint density at radius 2 is 2.07 bits per heavy atom. The lowest BCUT2D eigenvalue weighted by Crippen LogP contribution is -2.41. The second-order valence-corrected chi connectivity index (χ2v) is 5.26. The molecule has 0 aromatic heterocycles. The summed E-state index contributed by atoms with van der Waals surface area (Å²) >= 11 is 1.88. The first-order chi connectivity index (χ1) is 6.54. The van der Waals surface area contributed by atoms with Crippen molar-refractivity contribution in [1.82, 2.24) is 0 Å². The van der Waals surface area contributed by atoms with Gasteiger partial charge in [0.05, 0.1) is 18.1 Å². The Bertz CT molecular complexity index is 198. The van der Waals surface area contributed by atoms with Crippen molar-refractivity contribution in [2.75, 3.05) is 11.5 Å². The summed E-state index contributed by atoms with van der Waals surface area (Å²) in [5, 5.41) is 8.86. The van der Waals surface area contributed by atoms with E-state index in [0.717, 1.165) is 24.3 Å². The third-order valence-electron chi connectivity index (χ3n) is 2.36. The molecule has 0 saturated carbocycles. The predicted octanol–water partition coefficient (Wildman–Crippen LogP) is 2.15. The van der Waals surface area contributed by atoms with Crippen LogP contribution in [0.2, 0.25) is 0 Å². The SMILES string of the molecule is CC(C)OC1(CC(=O)O)CCSCC1. The molecule has 1 saturated heterocycles. The van der Waals surface area contributed by atoms with Crippen molar-refractivity contribution < 1.29 is 14.6 Å². The molecule has 1 aliphatic rings. The summed E-state index contributed by atoms with van der Waals surface area (Å²) in [7, 11) is 0. The summed E-state index contributed by atoms with van der Waals surface area (Å²) in [5.74, 6) is 1.28. The fourth-order valence-electron chi connectivity index (χ4n) is 1.86. The quantitative estimate of drug-likeness (QED) is 0.785. The number of hydrogen-bond donors (Lipinski definition) is 1. The summed E-state index contributed by atoms with van der Waals surface area (Å²) in [6.07, 6.45) is 1.98. The smallest absolute Gasteiger partial charge is 0.306 e. The van der Waals surface area contributed by atoms with Crippen LogP contribution in [0.15, 0.2) is 0 Å². The van der Waals surface area contributed by atoms with Crippen molar-refractivity contribution in [1.29, 1.82) is 0 Å². The van der Waals surface area contributed by atoms with E-state index in [4.69, 9.17) is 9.84 Å². The molecule has 3 nitrogen and oxygen atoms in total. The van der Waals surface area contributed by atoms with Crippen molar-refractivity contribution >= 4 is 17.7 Å². The number of thioether (sulfide) groups is 1. The van der Waals surface area contributed by atoms with E-state index in [1.807, 2.05) is 25.6 Å². The highest BCUT2D eigenvalue weighted by Crippen LogP contribution is 2.34. The number of hydrogen-bond acceptors (Lipinski definition) is 3. The Kier molecular flexibility index (Phi) is 4.26. The molecule has 1 fully saturated rings. The first-order valence-electron chi connectivity index (χ1n) is 5.01. The summed E-state index contributed by atoms with van der Waals surface area (Å²) in [6, 6.07) is 0. The zero-order chi connectivity index (χ0) is 10.6. The van der Waals surface area contributed by atoms with Gasteiger partial charge in [0.15, 0.2) is 0 Å².